The fraction of sp³-hybridized carbons (Fsp3) is 0.500. The Morgan fingerprint density at radius 3 is 2.32 bits per heavy atom. The summed E-state index contributed by atoms with van der Waals surface area (Å²) in [6.45, 7) is 13.9. The summed E-state index contributed by atoms with van der Waals surface area (Å²) in [5.74, 6) is 0.866. The number of hydrogen-bond acceptors (Lipinski definition) is 6. The number of aryl methyl sites for hydroxylation is 2. The minimum atomic E-state index is -1.04. The highest BCUT2D eigenvalue weighted by Crippen LogP contribution is 2.30. The molecule has 1 saturated heterocycles. The molecule has 1 aliphatic rings. The summed E-state index contributed by atoms with van der Waals surface area (Å²) in [5, 5.41) is 0. The van der Waals surface area contributed by atoms with Crippen molar-refractivity contribution in [3.63, 3.8) is 0 Å². The Kier molecular flexibility index (Phi) is 7.15. The van der Waals surface area contributed by atoms with E-state index in [9.17, 15) is 9.18 Å². The van der Waals surface area contributed by atoms with Gasteiger partial charge in [0.25, 0.3) is 0 Å². The molecule has 0 amide bonds. The molecule has 1 fully saturated rings. The quantitative estimate of drug-likeness (QED) is 0.623. The van der Waals surface area contributed by atoms with Gasteiger partial charge >= 0.3 is 5.97 Å². The van der Waals surface area contributed by atoms with Gasteiger partial charge in [-0.05, 0) is 63.4 Å². The number of aromatic nitrogens is 1. The number of carbonyl (C=O) groups is 1. The maximum absolute atomic E-state index is 13.1. The number of rotatable bonds is 7. The van der Waals surface area contributed by atoms with Crippen molar-refractivity contribution in [1.29, 1.82) is 0 Å². The topological polar surface area (TPSA) is 54.9 Å². The van der Waals surface area contributed by atoms with Crippen LogP contribution in [-0.2, 0) is 16.1 Å². The third-order valence-corrected chi connectivity index (χ3v) is 5.46. The predicted octanol–water partition coefficient (Wildman–Crippen LogP) is 3.88. The van der Waals surface area contributed by atoms with Gasteiger partial charge in [-0.1, -0.05) is 12.1 Å². The molecule has 1 aromatic carbocycles. The normalized spacial score (nSPS) is 15.1. The van der Waals surface area contributed by atoms with E-state index >= 15 is 0 Å². The summed E-state index contributed by atoms with van der Waals surface area (Å²) >= 11 is 0. The van der Waals surface area contributed by atoms with Crippen LogP contribution in [0.25, 0.3) is 0 Å². The first kappa shape index (κ1) is 23.0. The molecule has 0 radical (unpaired) electrons. The molecule has 1 aliphatic heterocycles. The van der Waals surface area contributed by atoms with Crippen molar-refractivity contribution in [2.75, 3.05) is 37.7 Å². The van der Waals surface area contributed by atoms with E-state index in [2.05, 4.69) is 26.9 Å². The second-order valence-corrected chi connectivity index (χ2v) is 8.49. The summed E-state index contributed by atoms with van der Waals surface area (Å²) in [5.41, 5.74) is 2.17. The van der Waals surface area contributed by atoms with Crippen LogP contribution in [0.5, 0.6) is 5.75 Å². The van der Waals surface area contributed by atoms with Gasteiger partial charge in [0.2, 0.25) is 0 Å². The molecule has 0 atom stereocenters. The lowest BCUT2D eigenvalue weighted by atomic mass is 10.0. The van der Waals surface area contributed by atoms with Gasteiger partial charge in [-0.25, -0.2) is 14.2 Å². The molecule has 31 heavy (non-hydrogen) atoms. The van der Waals surface area contributed by atoms with Gasteiger partial charge in [0.15, 0.2) is 5.60 Å². The van der Waals surface area contributed by atoms with E-state index in [4.69, 9.17) is 9.47 Å². The molecular formula is C24H32FN3O3. The highest BCUT2D eigenvalue weighted by Gasteiger charge is 2.32. The first-order valence-corrected chi connectivity index (χ1v) is 10.7. The standard InChI is InChI=1S/C24H32FN3O3/c1-6-30-23(29)24(4,5)31-22-17(2)13-19(14-18(22)3)16-27-9-11-28(12-10-27)21-8-7-20(25)15-26-21/h7-8,13-15H,6,9-12,16H2,1-5H3. The van der Waals surface area contributed by atoms with Crippen molar-refractivity contribution < 1.29 is 18.7 Å². The SMILES string of the molecule is CCOC(=O)C(C)(C)Oc1c(C)cc(CN2CCN(c3ccc(F)cn3)CC2)cc1C. The number of hydrogen-bond donors (Lipinski definition) is 0. The Labute approximate surface area is 184 Å². The van der Waals surface area contributed by atoms with Gasteiger partial charge in [0, 0.05) is 32.7 Å². The molecule has 168 valence electrons. The smallest absolute Gasteiger partial charge is 0.349 e. The molecule has 7 heteroatoms. The van der Waals surface area contributed by atoms with Crippen LogP contribution in [0.3, 0.4) is 0 Å². The molecule has 2 aromatic rings. The molecule has 0 aliphatic carbocycles. The maximum Gasteiger partial charge on any atom is 0.349 e. The molecule has 0 saturated carbocycles. The molecular weight excluding hydrogens is 397 g/mol. The van der Waals surface area contributed by atoms with Gasteiger partial charge in [0.05, 0.1) is 12.8 Å². The number of pyridine rings is 1. The number of anilines is 1. The first-order valence-electron chi connectivity index (χ1n) is 10.7. The maximum atomic E-state index is 13.1. The number of esters is 1. The predicted molar refractivity (Wildman–Crippen MR) is 119 cm³/mol. The fourth-order valence-corrected chi connectivity index (χ4v) is 3.84. The van der Waals surface area contributed by atoms with E-state index in [1.807, 2.05) is 13.8 Å². The lowest BCUT2D eigenvalue weighted by Crippen LogP contribution is -2.46. The van der Waals surface area contributed by atoms with E-state index < -0.39 is 5.60 Å². The van der Waals surface area contributed by atoms with Crippen LogP contribution in [0.15, 0.2) is 30.5 Å². The Balaban J connectivity index is 1.62. The van der Waals surface area contributed by atoms with Crippen molar-refractivity contribution in [2.24, 2.45) is 0 Å². The minimum Gasteiger partial charge on any atom is -0.476 e. The van der Waals surface area contributed by atoms with Crippen LogP contribution >= 0.6 is 0 Å². The average Bonchev–Trinajstić information content (AvgIpc) is 2.72. The molecule has 0 spiro atoms. The van der Waals surface area contributed by atoms with Gasteiger partial charge in [0.1, 0.15) is 17.4 Å². The second kappa shape index (κ2) is 9.64. The number of benzene rings is 1. The van der Waals surface area contributed by atoms with Crippen molar-refractivity contribution >= 4 is 11.8 Å². The van der Waals surface area contributed by atoms with Gasteiger partial charge < -0.3 is 14.4 Å². The molecule has 0 unspecified atom stereocenters. The lowest BCUT2D eigenvalue weighted by Gasteiger charge is -2.35. The number of carbonyl (C=O) groups excluding carboxylic acids is 1. The second-order valence-electron chi connectivity index (χ2n) is 8.49. The van der Waals surface area contributed by atoms with Crippen LogP contribution in [-0.4, -0.2) is 54.2 Å². The van der Waals surface area contributed by atoms with E-state index in [0.717, 1.165) is 55.4 Å². The Bertz CT molecular complexity index is 884. The zero-order valence-electron chi connectivity index (χ0n) is 19.1. The summed E-state index contributed by atoms with van der Waals surface area (Å²) in [7, 11) is 0. The Morgan fingerprint density at radius 1 is 1.13 bits per heavy atom. The molecule has 0 N–H and O–H groups in total. The summed E-state index contributed by atoms with van der Waals surface area (Å²) in [6, 6.07) is 7.43. The Morgan fingerprint density at radius 2 is 1.77 bits per heavy atom. The number of nitrogens with zero attached hydrogens (tertiary/aromatic N) is 3. The first-order chi connectivity index (χ1) is 14.7. The molecule has 6 nitrogen and oxygen atoms in total. The molecule has 0 bridgehead atoms. The third kappa shape index (κ3) is 5.73. The van der Waals surface area contributed by atoms with E-state index in [1.165, 1.54) is 17.8 Å². The third-order valence-electron chi connectivity index (χ3n) is 5.46. The molecule has 2 heterocycles. The van der Waals surface area contributed by atoms with Crippen molar-refractivity contribution in [2.45, 2.75) is 46.8 Å². The van der Waals surface area contributed by atoms with Gasteiger partial charge in [-0.15, -0.1) is 0 Å². The van der Waals surface area contributed by atoms with Crippen LogP contribution < -0.4 is 9.64 Å². The summed E-state index contributed by atoms with van der Waals surface area (Å²) in [6.07, 6.45) is 1.26. The number of halogens is 1. The van der Waals surface area contributed by atoms with E-state index in [-0.39, 0.29) is 11.8 Å². The monoisotopic (exact) mass is 429 g/mol. The number of piperazine rings is 1. The van der Waals surface area contributed by atoms with E-state index in [1.54, 1.807) is 26.8 Å². The molecule has 3 rings (SSSR count). The number of ether oxygens (including phenoxy) is 2. The lowest BCUT2D eigenvalue weighted by molar-refractivity contribution is -0.158. The van der Waals surface area contributed by atoms with Crippen LogP contribution in [0.2, 0.25) is 0 Å². The van der Waals surface area contributed by atoms with Crippen LogP contribution in [0.1, 0.15) is 37.5 Å². The largest absolute Gasteiger partial charge is 0.476 e. The van der Waals surface area contributed by atoms with Crippen LogP contribution in [0.4, 0.5) is 10.2 Å². The highest BCUT2D eigenvalue weighted by molar-refractivity contribution is 5.79. The zero-order valence-corrected chi connectivity index (χ0v) is 19.1. The van der Waals surface area contributed by atoms with E-state index in [0.29, 0.717) is 6.61 Å². The Hall–Kier alpha value is -2.67. The molecule has 1 aromatic heterocycles. The summed E-state index contributed by atoms with van der Waals surface area (Å²) < 4.78 is 24.3. The van der Waals surface area contributed by atoms with Crippen molar-refractivity contribution in [3.8, 4) is 5.75 Å². The van der Waals surface area contributed by atoms with Crippen molar-refractivity contribution in [3.05, 3.63) is 53.0 Å². The zero-order chi connectivity index (χ0) is 22.6. The summed E-state index contributed by atoms with van der Waals surface area (Å²) in [4.78, 5) is 21.0. The van der Waals surface area contributed by atoms with Gasteiger partial charge in [-0.3, -0.25) is 4.90 Å². The average molecular weight is 430 g/mol. The van der Waals surface area contributed by atoms with Crippen LogP contribution in [0, 0.1) is 19.7 Å². The van der Waals surface area contributed by atoms with Gasteiger partial charge in [-0.2, -0.15) is 0 Å². The fourth-order valence-electron chi connectivity index (χ4n) is 3.84. The van der Waals surface area contributed by atoms with Crippen molar-refractivity contribution in [1.82, 2.24) is 9.88 Å². The minimum absolute atomic E-state index is 0.314. The highest BCUT2D eigenvalue weighted by atomic mass is 19.1.